The van der Waals surface area contributed by atoms with Gasteiger partial charge in [0.15, 0.2) is 0 Å². The lowest BCUT2D eigenvalue weighted by atomic mass is 10.1. The average Bonchev–Trinajstić information content (AvgIpc) is 2.87. The van der Waals surface area contributed by atoms with Gasteiger partial charge in [0.1, 0.15) is 11.5 Å². The number of aliphatic hydroxyl groups is 1. The van der Waals surface area contributed by atoms with E-state index in [2.05, 4.69) is 4.90 Å². The van der Waals surface area contributed by atoms with Gasteiger partial charge in [-0.3, -0.25) is 4.90 Å². The molecule has 0 aliphatic carbocycles. The molecular weight excluding hydrogens is 242 g/mol. The van der Waals surface area contributed by atoms with Gasteiger partial charge in [-0.25, -0.2) is 0 Å². The highest BCUT2D eigenvalue weighted by Gasteiger charge is 2.26. The number of nitrogens with zero attached hydrogens (tertiary/aromatic N) is 1. The van der Waals surface area contributed by atoms with E-state index in [1.165, 1.54) is 0 Å². The van der Waals surface area contributed by atoms with Crippen LogP contribution in [0, 0.1) is 6.92 Å². The topological polar surface area (TPSA) is 41.9 Å². The maximum atomic E-state index is 9.41. The smallest absolute Gasteiger partial charge is 0.127 e. The predicted molar refractivity (Wildman–Crippen MR) is 74.8 cm³/mol. The number of hydrogen-bond donors (Lipinski definition) is 1. The first-order chi connectivity index (χ1) is 9.19. The Morgan fingerprint density at radius 1 is 1.26 bits per heavy atom. The average molecular weight is 265 g/mol. The molecule has 1 fully saturated rings. The molecule has 0 saturated carbocycles. The molecule has 0 spiro atoms. The number of benzene rings is 1. The Labute approximate surface area is 114 Å². The zero-order chi connectivity index (χ0) is 13.8. The zero-order valence-corrected chi connectivity index (χ0v) is 12.0. The van der Waals surface area contributed by atoms with E-state index in [0.29, 0.717) is 0 Å². The molecule has 0 aromatic heterocycles. The summed E-state index contributed by atoms with van der Waals surface area (Å²) in [5, 5.41) is 9.41. The lowest BCUT2D eigenvalue weighted by Gasteiger charge is -2.25. The van der Waals surface area contributed by atoms with Crippen molar-refractivity contribution < 1.29 is 14.6 Å². The van der Waals surface area contributed by atoms with Crippen molar-refractivity contribution in [2.24, 2.45) is 0 Å². The summed E-state index contributed by atoms with van der Waals surface area (Å²) in [5.41, 5.74) is 2.19. The third-order valence-corrected chi connectivity index (χ3v) is 3.82. The van der Waals surface area contributed by atoms with Gasteiger partial charge in [0.05, 0.1) is 26.4 Å². The second kappa shape index (κ2) is 6.26. The molecular formula is C15H23NO3. The molecule has 1 aromatic rings. The molecule has 4 nitrogen and oxygen atoms in total. The van der Waals surface area contributed by atoms with Gasteiger partial charge < -0.3 is 14.6 Å². The van der Waals surface area contributed by atoms with Crippen molar-refractivity contribution in [3.05, 3.63) is 23.3 Å². The van der Waals surface area contributed by atoms with Crippen molar-refractivity contribution in [2.45, 2.75) is 32.4 Å². The summed E-state index contributed by atoms with van der Waals surface area (Å²) in [7, 11) is 3.37. The quantitative estimate of drug-likeness (QED) is 0.884. The minimum atomic E-state index is 0.219. The van der Waals surface area contributed by atoms with E-state index in [4.69, 9.17) is 9.47 Å². The van der Waals surface area contributed by atoms with Crippen LogP contribution < -0.4 is 9.47 Å². The number of rotatable bonds is 5. The Balaban J connectivity index is 2.27. The van der Waals surface area contributed by atoms with Crippen LogP contribution in [-0.2, 0) is 6.54 Å². The summed E-state index contributed by atoms with van der Waals surface area (Å²) in [6.07, 6.45) is 2.20. The van der Waals surface area contributed by atoms with Crippen molar-refractivity contribution in [3.63, 3.8) is 0 Å². The predicted octanol–water partition coefficient (Wildman–Crippen LogP) is 1.97. The minimum Gasteiger partial charge on any atom is -0.496 e. The first-order valence-corrected chi connectivity index (χ1v) is 6.76. The Kier molecular flexibility index (Phi) is 4.66. The van der Waals surface area contributed by atoms with Crippen LogP contribution in [0.25, 0.3) is 0 Å². The van der Waals surface area contributed by atoms with Gasteiger partial charge in [0.25, 0.3) is 0 Å². The van der Waals surface area contributed by atoms with Crippen molar-refractivity contribution >= 4 is 0 Å². The second-order valence-corrected chi connectivity index (χ2v) is 5.10. The molecule has 1 aromatic carbocycles. The van der Waals surface area contributed by atoms with Crippen LogP contribution in [-0.4, -0.2) is 43.4 Å². The summed E-state index contributed by atoms with van der Waals surface area (Å²) in [5.74, 6) is 1.72. The van der Waals surface area contributed by atoms with Crippen molar-refractivity contribution in [3.8, 4) is 11.5 Å². The lowest BCUT2D eigenvalue weighted by Crippen LogP contribution is -2.31. The molecule has 1 aliphatic rings. The molecule has 2 rings (SSSR count). The van der Waals surface area contributed by atoms with Crippen molar-refractivity contribution in [2.75, 3.05) is 27.4 Å². The van der Waals surface area contributed by atoms with Crippen LogP contribution in [0.15, 0.2) is 12.1 Å². The molecule has 1 aliphatic heterocycles. The molecule has 1 heterocycles. The van der Waals surface area contributed by atoms with Crippen LogP contribution in [0.2, 0.25) is 0 Å². The number of hydrogen-bond acceptors (Lipinski definition) is 4. The number of aryl methyl sites for hydroxylation is 1. The van der Waals surface area contributed by atoms with Gasteiger partial charge >= 0.3 is 0 Å². The minimum absolute atomic E-state index is 0.219. The van der Waals surface area contributed by atoms with E-state index in [1.54, 1.807) is 14.2 Å². The van der Waals surface area contributed by atoms with Gasteiger partial charge in [-0.05, 0) is 44.0 Å². The standard InChI is InChI=1S/C15H23NO3/c1-11-7-14(18-2)13(15(8-11)19-3)9-16-6-4-5-12(16)10-17/h7-8,12,17H,4-6,9-10H2,1-3H3/t12-/m0/s1. The highest BCUT2D eigenvalue weighted by atomic mass is 16.5. The first kappa shape index (κ1) is 14.2. The fourth-order valence-corrected chi connectivity index (χ4v) is 2.78. The largest absolute Gasteiger partial charge is 0.496 e. The molecule has 0 amide bonds. The number of methoxy groups -OCH3 is 2. The van der Waals surface area contributed by atoms with Crippen molar-refractivity contribution in [1.29, 1.82) is 0 Å². The lowest BCUT2D eigenvalue weighted by molar-refractivity contribution is 0.151. The molecule has 1 atom stereocenters. The normalized spacial score (nSPS) is 19.7. The third kappa shape index (κ3) is 3.01. The maximum absolute atomic E-state index is 9.41. The monoisotopic (exact) mass is 265 g/mol. The maximum Gasteiger partial charge on any atom is 0.127 e. The summed E-state index contributed by atoms with van der Waals surface area (Å²) >= 11 is 0. The molecule has 19 heavy (non-hydrogen) atoms. The Bertz CT molecular complexity index is 408. The first-order valence-electron chi connectivity index (χ1n) is 6.76. The Hall–Kier alpha value is -1.26. The summed E-state index contributed by atoms with van der Waals surface area (Å²) in [4.78, 5) is 2.30. The van der Waals surface area contributed by atoms with E-state index < -0.39 is 0 Å². The molecule has 0 bridgehead atoms. The second-order valence-electron chi connectivity index (χ2n) is 5.10. The number of aliphatic hydroxyl groups excluding tert-OH is 1. The summed E-state index contributed by atoms with van der Waals surface area (Å²) in [6, 6.07) is 4.32. The molecule has 1 saturated heterocycles. The highest BCUT2D eigenvalue weighted by molar-refractivity contribution is 5.47. The van der Waals surface area contributed by atoms with Gasteiger partial charge in [-0.15, -0.1) is 0 Å². The van der Waals surface area contributed by atoms with Crippen LogP contribution >= 0.6 is 0 Å². The Morgan fingerprint density at radius 2 is 1.89 bits per heavy atom. The van der Waals surface area contributed by atoms with E-state index in [0.717, 1.165) is 48.6 Å². The molecule has 0 radical (unpaired) electrons. The van der Waals surface area contributed by atoms with E-state index >= 15 is 0 Å². The molecule has 4 heteroatoms. The van der Waals surface area contributed by atoms with Crippen LogP contribution in [0.1, 0.15) is 24.0 Å². The molecule has 0 unspecified atom stereocenters. The SMILES string of the molecule is COc1cc(C)cc(OC)c1CN1CCC[C@H]1CO. The van der Waals surface area contributed by atoms with E-state index in [9.17, 15) is 5.11 Å². The van der Waals surface area contributed by atoms with Crippen LogP contribution in [0.4, 0.5) is 0 Å². The van der Waals surface area contributed by atoms with E-state index in [-0.39, 0.29) is 12.6 Å². The van der Waals surface area contributed by atoms with Gasteiger partial charge in [-0.2, -0.15) is 0 Å². The van der Waals surface area contributed by atoms with Crippen LogP contribution in [0.5, 0.6) is 11.5 Å². The number of likely N-dealkylation sites (tertiary alicyclic amines) is 1. The summed E-state index contributed by atoms with van der Waals surface area (Å²) < 4.78 is 11.0. The van der Waals surface area contributed by atoms with E-state index in [1.807, 2.05) is 19.1 Å². The fraction of sp³-hybridized carbons (Fsp3) is 0.600. The Morgan fingerprint density at radius 3 is 2.42 bits per heavy atom. The molecule has 106 valence electrons. The third-order valence-electron chi connectivity index (χ3n) is 3.82. The van der Waals surface area contributed by atoms with Gasteiger partial charge in [0, 0.05) is 12.6 Å². The highest BCUT2D eigenvalue weighted by Crippen LogP contribution is 2.33. The molecule has 1 N–H and O–H groups in total. The van der Waals surface area contributed by atoms with Gasteiger partial charge in [-0.1, -0.05) is 0 Å². The van der Waals surface area contributed by atoms with Crippen molar-refractivity contribution in [1.82, 2.24) is 4.90 Å². The fourth-order valence-electron chi connectivity index (χ4n) is 2.78. The zero-order valence-electron chi connectivity index (χ0n) is 12.0. The van der Waals surface area contributed by atoms with Crippen LogP contribution in [0.3, 0.4) is 0 Å². The summed E-state index contributed by atoms with van der Waals surface area (Å²) in [6.45, 7) is 4.03. The van der Waals surface area contributed by atoms with Gasteiger partial charge in [0.2, 0.25) is 0 Å². The number of ether oxygens (including phenoxy) is 2.